The maximum absolute atomic E-state index is 12.9. The molecule has 1 aliphatic rings. The largest absolute Gasteiger partial charge is 0.350 e. The van der Waals surface area contributed by atoms with Crippen molar-refractivity contribution in [2.45, 2.75) is 26.4 Å². The molecular formula is C22H21N5O. The summed E-state index contributed by atoms with van der Waals surface area (Å²) in [7, 11) is 0. The number of aryl methyl sites for hydroxylation is 1. The van der Waals surface area contributed by atoms with E-state index in [1.165, 1.54) is 21.4 Å². The van der Waals surface area contributed by atoms with Crippen LogP contribution in [0.4, 0.5) is 5.82 Å². The average Bonchev–Trinajstić information content (AvgIpc) is 3.03. The van der Waals surface area contributed by atoms with Gasteiger partial charge in [-0.25, -0.2) is 18.9 Å². The van der Waals surface area contributed by atoms with Crippen molar-refractivity contribution in [3.63, 3.8) is 0 Å². The molecule has 140 valence electrons. The van der Waals surface area contributed by atoms with Crippen LogP contribution in [0.2, 0.25) is 0 Å². The Balaban J connectivity index is 1.54. The Morgan fingerprint density at radius 2 is 1.93 bits per heavy atom. The molecule has 0 fully saturated rings. The van der Waals surface area contributed by atoms with Crippen molar-refractivity contribution in [1.29, 1.82) is 0 Å². The minimum atomic E-state index is -0.141. The van der Waals surface area contributed by atoms with E-state index in [4.69, 9.17) is 0 Å². The van der Waals surface area contributed by atoms with Crippen LogP contribution in [-0.2, 0) is 19.5 Å². The molecular weight excluding hydrogens is 350 g/mol. The summed E-state index contributed by atoms with van der Waals surface area (Å²) in [5.41, 5.74) is 5.39. The number of benzene rings is 2. The molecule has 0 radical (unpaired) electrons. The number of hydrogen-bond donors (Lipinski definition) is 0. The second kappa shape index (κ2) is 6.64. The minimum Gasteiger partial charge on any atom is -0.349 e. The zero-order chi connectivity index (χ0) is 19.1. The lowest BCUT2D eigenvalue weighted by Gasteiger charge is -2.29. The molecule has 1 aliphatic heterocycles. The molecule has 0 bridgehead atoms. The zero-order valence-corrected chi connectivity index (χ0v) is 15.7. The Morgan fingerprint density at radius 1 is 1.07 bits per heavy atom. The molecule has 4 aromatic rings. The van der Waals surface area contributed by atoms with Gasteiger partial charge < -0.3 is 4.90 Å². The molecule has 2 aromatic heterocycles. The van der Waals surface area contributed by atoms with Crippen molar-refractivity contribution in [2.75, 3.05) is 11.4 Å². The molecule has 0 unspecified atom stereocenters. The minimum absolute atomic E-state index is 0.141. The van der Waals surface area contributed by atoms with Crippen LogP contribution >= 0.6 is 0 Å². The van der Waals surface area contributed by atoms with Gasteiger partial charge in [0.1, 0.15) is 0 Å². The van der Waals surface area contributed by atoms with Gasteiger partial charge in [-0.1, -0.05) is 54.1 Å². The zero-order valence-electron chi connectivity index (χ0n) is 15.7. The van der Waals surface area contributed by atoms with E-state index in [0.717, 1.165) is 30.9 Å². The normalized spacial score (nSPS) is 13.7. The molecule has 0 aliphatic carbocycles. The molecule has 5 rings (SSSR count). The maximum Gasteiger partial charge on any atom is 0.350 e. The van der Waals surface area contributed by atoms with Crippen LogP contribution in [0.5, 0.6) is 0 Å². The molecule has 6 heteroatoms. The Labute approximate surface area is 162 Å². The van der Waals surface area contributed by atoms with Crippen LogP contribution in [0.3, 0.4) is 0 Å². The summed E-state index contributed by atoms with van der Waals surface area (Å²) >= 11 is 0. The predicted molar refractivity (Wildman–Crippen MR) is 109 cm³/mol. The third-order valence-electron chi connectivity index (χ3n) is 5.33. The van der Waals surface area contributed by atoms with Crippen LogP contribution in [0.25, 0.3) is 5.65 Å². The van der Waals surface area contributed by atoms with Gasteiger partial charge in [-0.3, -0.25) is 0 Å². The van der Waals surface area contributed by atoms with E-state index in [-0.39, 0.29) is 5.69 Å². The van der Waals surface area contributed by atoms with Gasteiger partial charge in [0.05, 0.1) is 6.54 Å². The first-order valence-corrected chi connectivity index (χ1v) is 9.50. The summed E-state index contributed by atoms with van der Waals surface area (Å²) in [4.78, 5) is 19.6. The number of rotatable bonds is 3. The Kier molecular flexibility index (Phi) is 3.97. The van der Waals surface area contributed by atoms with Gasteiger partial charge in [-0.05, 0) is 30.0 Å². The van der Waals surface area contributed by atoms with E-state index in [2.05, 4.69) is 45.3 Å². The van der Waals surface area contributed by atoms with Crippen molar-refractivity contribution in [3.05, 3.63) is 93.7 Å². The highest BCUT2D eigenvalue weighted by molar-refractivity contribution is 5.64. The van der Waals surface area contributed by atoms with Gasteiger partial charge in [0.15, 0.2) is 5.82 Å². The van der Waals surface area contributed by atoms with Gasteiger partial charge >= 0.3 is 5.69 Å². The predicted octanol–water partition coefficient (Wildman–Crippen LogP) is 2.81. The second-order valence-electron chi connectivity index (χ2n) is 7.31. The van der Waals surface area contributed by atoms with E-state index < -0.39 is 0 Å². The SMILES string of the molecule is Cc1cccc(Cn2nc3c(N4CCc5ccccc5C4)nccn3c2=O)c1. The Morgan fingerprint density at radius 3 is 2.79 bits per heavy atom. The van der Waals surface area contributed by atoms with Crippen molar-refractivity contribution < 1.29 is 0 Å². The van der Waals surface area contributed by atoms with Gasteiger partial charge in [0.25, 0.3) is 0 Å². The molecule has 0 amide bonds. The van der Waals surface area contributed by atoms with Gasteiger partial charge in [-0.2, -0.15) is 0 Å². The summed E-state index contributed by atoms with van der Waals surface area (Å²) in [5, 5.41) is 4.63. The lowest BCUT2D eigenvalue weighted by Crippen LogP contribution is -2.31. The topological polar surface area (TPSA) is 55.4 Å². The molecule has 0 N–H and O–H groups in total. The van der Waals surface area contributed by atoms with Gasteiger partial charge in [0, 0.05) is 25.5 Å². The van der Waals surface area contributed by atoms with Crippen LogP contribution in [0.1, 0.15) is 22.3 Å². The quantitative estimate of drug-likeness (QED) is 0.556. The molecule has 6 nitrogen and oxygen atoms in total. The van der Waals surface area contributed by atoms with E-state index in [0.29, 0.717) is 12.2 Å². The maximum atomic E-state index is 12.9. The van der Waals surface area contributed by atoms with Crippen LogP contribution < -0.4 is 10.6 Å². The third-order valence-corrected chi connectivity index (χ3v) is 5.33. The Hall–Kier alpha value is -3.41. The summed E-state index contributed by atoms with van der Waals surface area (Å²) in [6.45, 7) is 4.14. The van der Waals surface area contributed by atoms with E-state index >= 15 is 0 Å². The lowest BCUT2D eigenvalue weighted by molar-refractivity contribution is 0.658. The highest BCUT2D eigenvalue weighted by Crippen LogP contribution is 2.24. The summed E-state index contributed by atoms with van der Waals surface area (Å²) in [6.07, 6.45) is 4.34. The van der Waals surface area contributed by atoms with E-state index in [1.54, 1.807) is 16.8 Å². The second-order valence-corrected chi connectivity index (χ2v) is 7.31. The highest BCUT2D eigenvalue weighted by Gasteiger charge is 2.21. The fourth-order valence-electron chi connectivity index (χ4n) is 3.92. The Bertz CT molecular complexity index is 1220. The number of hydrogen-bond acceptors (Lipinski definition) is 4. The first kappa shape index (κ1) is 16.7. The standard InChI is InChI=1S/C22H21N5O/c1-16-5-4-6-17(13-16)14-27-22(28)26-12-10-23-20(21(26)24-27)25-11-9-18-7-2-3-8-19(18)15-25/h2-8,10,12-13H,9,11,14-15H2,1H3. The monoisotopic (exact) mass is 371 g/mol. The summed E-state index contributed by atoms with van der Waals surface area (Å²) < 4.78 is 3.12. The lowest BCUT2D eigenvalue weighted by atomic mass is 10.00. The smallest absolute Gasteiger partial charge is 0.349 e. The number of fused-ring (bicyclic) bond motifs is 2. The molecule has 0 spiro atoms. The fraction of sp³-hybridized carbons (Fsp3) is 0.227. The van der Waals surface area contributed by atoms with Crippen molar-refractivity contribution in [3.8, 4) is 0 Å². The third kappa shape index (κ3) is 2.87. The summed E-state index contributed by atoms with van der Waals surface area (Å²) in [5.74, 6) is 0.761. The van der Waals surface area contributed by atoms with Gasteiger partial charge in [0.2, 0.25) is 5.65 Å². The first-order chi connectivity index (χ1) is 13.7. The molecule has 2 aromatic carbocycles. The molecule has 0 saturated heterocycles. The first-order valence-electron chi connectivity index (χ1n) is 9.50. The van der Waals surface area contributed by atoms with Crippen molar-refractivity contribution >= 4 is 11.5 Å². The van der Waals surface area contributed by atoms with E-state index in [1.807, 2.05) is 25.1 Å². The van der Waals surface area contributed by atoms with Crippen LogP contribution in [-0.4, -0.2) is 25.7 Å². The van der Waals surface area contributed by atoms with Crippen LogP contribution in [0.15, 0.2) is 65.7 Å². The fourth-order valence-corrected chi connectivity index (χ4v) is 3.92. The van der Waals surface area contributed by atoms with Gasteiger partial charge in [-0.15, -0.1) is 5.10 Å². The van der Waals surface area contributed by atoms with Crippen LogP contribution in [0, 0.1) is 6.92 Å². The molecule has 3 heterocycles. The molecule has 0 atom stereocenters. The average molecular weight is 371 g/mol. The summed E-state index contributed by atoms with van der Waals surface area (Å²) in [6, 6.07) is 16.6. The van der Waals surface area contributed by atoms with E-state index in [9.17, 15) is 4.79 Å². The number of nitrogens with zero attached hydrogens (tertiary/aromatic N) is 5. The van der Waals surface area contributed by atoms with Crippen molar-refractivity contribution in [2.24, 2.45) is 0 Å². The molecule has 28 heavy (non-hydrogen) atoms. The number of aromatic nitrogens is 4. The van der Waals surface area contributed by atoms with Crippen molar-refractivity contribution in [1.82, 2.24) is 19.2 Å². The highest BCUT2D eigenvalue weighted by atomic mass is 16.2. The number of anilines is 1. The molecule has 0 saturated carbocycles.